The van der Waals surface area contributed by atoms with Gasteiger partial charge in [0.25, 0.3) is 0 Å². The number of carbonyl (C=O) groups is 1. The molecule has 0 fully saturated rings. The fourth-order valence-electron chi connectivity index (χ4n) is 1.42. The highest BCUT2D eigenvalue weighted by Crippen LogP contribution is 2.19. The summed E-state index contributed by atoms with van der Waals surface area (Å²) >= 11 is 0. The van der Waals surface area contributed by atoms with Crippen LogP contribution in [-0.4, -0.2) is 10.9 Å². The number of nitrogens with zero attached hydrogens (tertiary/aromatic N) is 1. The molecule has 0 saturated heterocycles. The Kier molecular flexibility index (Phi) is 4.00. The van der Waals surface area contributed by atoms with Gasteiger partial charge in [-0.05, 0) is 31.6 Å². The molecule has 16 heavy (non-hydrogen) atoms. The van der Waals surface area contributed by atoms with Gasteiger partial charge in [0, 0.05) is 18.7 Å². The third-order valence-corrected chi connectivity index (χ3v) is 2.12. The normalized spacial score (nSPS) is 9.44. The van der Waals surface area contributed by atoms with Gasteiger partial charge in [0.1, 0.15) is 5.82 Å². The Labute approximate surface area is 95.9 Å². The maximum absolute atomic E-state index is 10.8. The molecule has 0 aliphatic carbocycles. The minimum absolute atomic E-state index is 0.119. The summed E-state index contributed by atoms with van der Waals surface area (Å²) in [4.78, 5) is 15.0. The molecule has 1 rings (SSSR count). The van der Waals surface area contributed by atoms with E-state index in [1.807, 2.05) is 26.0 Å². The standard InChI is InChI=1S/C13H16N2O/c1-5-12(9(2)3)11-6-7-13(14-8-11)15-10(4)16/h5-8H,1H2,2-4H3,(H,14,15,16). The summed E-state index contributed by atoms with van der Waals surface area (Å²) in [5.41, 5.74) is 3.26. The second-order valence-corrected chi connectivity index (χ2v) is 3.73. The summed E-state index contributed by atoms with van der Waals surface area (Å²) < 4.78 is 0. The Balaban J connectivity index is 2.99. The van der Waals surface area contributed by atoms with Gasteiger partial charge in [-0.3, -0.25) is 4.79 Å². The van der Waals surface area contributed by atoms with Gasteiger partial charge in [0.15, 0.2) is 0 Å². The fourth-order valence-corrected chi connectivity index (χ4v) is 1.42. The number of hydrogen-bond donors (Lipinski definition) is 1. The largest absolute Gasteiger partial charge is 0.311 e. The molecule has 1 N–H and O–H groups in total. The van der Waals surface area contributed by atoms with Crippen molar-refractivity contribution in [3.63, 3.8) is 0 Å². The fraction of sp³-hybridized carbons (Fsp3) is 0.231. The highest BCUT2D eigenvalue weighted by molar-refractivity contribution is 5.87. The second-order valence-electron chi connectivity index (χ2n) is 3.73. The van der Waals surface area contributed by atoms with Gasteiger partial charge in [-0.15, -0.1) is 0 Å². The lowest BCUT2D eigenvalue weighted by molar-refractivity contribution is -0.114. The predicted octanol–water partition coefficient (Wildman–Crippen LogP) is 3.02. The molecular formula is C13H16N2O. The van der Waals surface area contributed by atoms with Crippen LogP contribution in [0.15, 0.2) is 36.6 Å². The molecule has 0 unspecified atom stereocenters. The molecule has 0 spiro atoms. The van der Waals surface area contributed by atoms with E-state index in [1.54, 1.807) is 12.3 Å². The molecule has 0 aliphatic rings. The van der Waals surface area contributed by atoms with Crippen molar-refractivity contribution in [1.29, 1.82) is 0 Å². The van der Waals surface area contributed by atoms with Crippen molar-refractivity contribution in [3.05, 3.63) is 42.1 Å². The van der Waals surface area contributed by atoms with Crippen molar-refractivity contribution in [2.45, 2.75) is 20.8 Å². The molecule has 1 amide bonds. The molecule has 0 atom stereocenters. The van der Waals surface area contributed by atoms with Gasteiger partial charge in [0.05, 0.1) is 0 Å². The van der Waals surface area contributed by atoms with Crippen molar-refractivity contribution >= 4 is 17.3 Å². The molecule has 1 heterocycles. The number of rotatable bonds is 3. The van der Waals surface area contributed by atoms with Crippen LogP contribution in [0, 0.1) is 0 Å². The van der Waals surface area contributed by atoms with Crippen LogP contribution in [0.2, 0.25) is 0 Å². The lowest BCUT2D eigenvalue weighted by Gasteiger charge is -2.06. The monoisotopic (exact) mass is 216 g/mol. The molecule has 3 heteroatoms. The Hall–Kier alpha value is -1.90. The van der Waals surface area contributed by atoms with E-state index in [1.165, 1.54) is 12.5 Å². The molecular weight excluding hydrogens is 200 g/mol. The van der Waals surface area contributed by atoms with E-state index in [4.69, 9.17) is 0 Å². The third kappa shape index (κ3) is 3.05. The minimum Gasteiger partial charge on any atom is -0.311 e. The van der Waals surface area contributed by atoms with E-state index in [9.17, 15) is 4.79 Å². The summed E-state index contributed by atoms with van der Waals surface area (Å²) in [6, 6.07) is 3.70. The second kappa shape index (κ2) is 5.26. The average Bonchev–Trinajstić information content (AvgIpc) is 2.20. The van der Waals surface area contributed by atoms with Crippen LogP contribution in [0.5, 0.6) is 0 Å². The number of nitrogens with one attached hydrogen (secondary N) is 1. The van der Waals surface area contributed by atoms with E-state index < -0.39 is 0 Å². The summed E-state index contributed by atoms with van der Waals surface area (Å²) in [5.74, 6) is 0.444. The number of carbonyl (C=O) groups excluding carboxylic acids is 1. The van der Waals surface area contributed by atoms with Crippen molar-refractivity contribution in [2.75, 3.05) is 5.32 Å². The number of amides is 1. The van der Waals surface area contributed by atoms with E-state index in [-0.39, 0.29) is 5.91 Å². The lowest BCUT2D eigenvalue weighted by Crippen LogP contribution is -2.07. The molecule has 1 aromatic heterocycles. The van der Waals surface area contributed by atoms with Crippen LogP contribution in [-0.2, 0) is 4.79 Å². The zero-order valence-electron chi connectivity index (χ0n) is 9.87. The van der Waals surface area contributed by atoms with Crippen LogP contribution in [0.25, 0.3) is 5.57 Å². The topological polar surface area (TPSA) is 42.0 Å². The van der Waals surface area contributed by atoms with Crippen molar-refractivity contribution in [2.24, 2.45) is 0 Å². The Morgan fingerprint density at radius 2 is 2.06 bits per heavy atom. The maximum atomic E-state index is 10.8. The Bertz CT molecular complexity index is 426. The molecule has 0 bridgehead atoms. The molecule has 84 valence electrons. The zero-order chi connectivity index (χ0) is 12.1. The number of pyridine rings is 1. The van der Waals surface area contributed by atoms with Crippen LogP contribution < -0.4 is 5.32 Å². The summed E-state index contributed by atoms with van der Waals surface area (Å²) in [6.45, 7) is 9.29. The quantitative estimate of drug-likeness (QED) is 0.789. The number of hydrogen-bond acceptors (Lipinski definition) is 2. The molecule has 0 saturated carbocycles. The van der Waals surface area contributed by atoms with E-state index >= 15 is 0 Å². The van der Waals surface area contributed by atoms with Crippen LogP contribution >= 0.6 is 0 Å². The number of anilines is 1. The van der Waals surface area contributed by atoms with Gasteiger partial charge < -0.3 is 5.32 Å². The van der Waals surface area contributed by atoms with Crippen LogP contribution in [0.4, 0.5) is 5.82 Å². The van der Waals surface area contributed by atoms with Crippen molar-refractivity contribution in [3.8, 4) is 0 Å². The zero-order valence-corrected chi connectivity index (χ0v) is 9.87. The summed E-state index contributed by atoms with van der Waals surface area (Å²) in [5, 5.41) is 2.63. The molecule has 3 nitrogen and oxygen atoms in total. The first-order valence-electron chi connectivity index (χ1n) is 5.08. The summed E-state index contributed by atoms with van der Waals surface area (Å²) in [6.07, 6.45) is 3.54. The van der Waals surface area contributed by atoms with Gasteiger partial charge >= 0.3 is 0 Å². The molecule has 0 aliphatic heterocycles. The average molecular weight is 216 g/mol. The van der Waals surface area contributed by atoms with Crippen molar-refractivity contribution in [1.82, 2.24) is 4.98 Å². The Morgan fingerprint density at radius 1 is 1.38 bits per heavy atom. The minimum atomic E-state index is -0.119. The van der Waals surface area contributed by atoms with Crippen LogP contribution in [0.1, 0.15) is 26.3 Å². The lowest BCUT2D eigenvalue weighted by atomic mass is 10.0. The SMILES string of the molecule is C=CC(=C(C)C)c1ccc(NC(C)=O)nc1. The number of allylic oxidation sites excluding steroid dienone is 3. The first-order valence-corrected chi connectivity index (χ1v) is 5.08. The number of aromatic nitrogens is 1. The van der Waals surface area contributed by atoms with Gasteiger partial charge in [-0.2, -0.15) is 0 Å². The van der Waals surface area contributed by atoms with Gasteiger partial charge in [-0.25, -0.2) is 4.98 Å². The molecule has 1 aromatic rings. The first kappa shape index (κ1) is 12.2. The van der Waals surface area contributed by atoms with E-state index in [0.717, 1.165) is 11.1 Å². The maximum Gasteiger partial charge on any atom is 0.222 e. The van der Waals surface area contributed by atoms with Crippen molar-refractivity contribution < 1.29 is 4.79 Å². The van der Waals surface area contributed by atoms with Crippen LogP contribution in [0.3, 0.4) is 0 Å². The van der Waals surface area contributed by atoms with E-state index in [2.05, 4.69) is 16.9 Å². The smallest absolute Gasteiger partial charge is 0.222 e. The molecule has 0 aromatic carbocycles. The van der Waals surface area contributed by atoms with E-state index in [0.29, 0.717) is 5.82 Å². The highest BCUT2D eigenvalue weighted by atomic mass is 16.1. The third-order valence-electron chi connectivity index (χ3n) is 2.12. The van der Waals surface area contributed by atoms with Gasteiger partial charge in [0.2, 0.25) is 5.91 Å². The highest BCUT2D eigenvalue weighted by Gasteiger charge is 2.01. The molecule has 0 radical (unpaired) electrons. The van der Waals surface area contributed by atoms with Gasteiger partial charge in [-0.1, -0.05) is 18.2 Å². The first-order chi connectivity index (χ1) is 7.54. The predicted molar refractivity (Wildman–Crippen MR) is 67.0 cm³/mol. The Morgan fingerprint density at radius 3 is 2.44 bits per heavy atom. The summed E-state index contributed by atoms with van der Waals surface area (Å²) in [7, 11) is 0.